The molecule has 8 heteroatoms. The van der Waals surface area contributed by atoms with E-state index in [-0.39, 0.29) is 13.0 Å². The molecule has 1 rings (SSSR count). The van der Waals surface area contributed by atoms with Crippen molar-refractivity contribution in [3.05, 3.63) is 35.9 Å². The third kappa shape index (κ3) is 11.1. The molecule has 0 radical (unpaired) electrons. The van der Waals surface area contributed by atoms with Crippen molar-refractivity contribution in [2.75, 3.05) is 13.7 Å². The second-order valence-corrected chi connectivity index (χ2v) is 7.25. The SMILES string of the molecule is COC(=O)C[C@@H](CCCNC(=O)OCc1ccccc1)NC(=O)OC(C)(C)C. The Labute approximate surface area is 165 Å². The molecule has 0 bridgehead atoms. The lowest BCUT2D eigenvalue weighted by molar-refractivity contribution is -0.141. The molecule has 0 aliphatic rings. The Bertz CT molecular complexity index is 627. The summed E-state index contributed by atoms with van der Waals surface area (Å²) in [6, 6.07) is 8.91. The molecule has 1 aromatic rings. The summed E-state index contributed by atoms with van der Waals surface area (Å²) in [5.74, 6) is -0.434. The van der Waals surface area contributed by atoms with Crippen LogP contribution >= 0.6 is 0 Å². The Morgan fingerprint density at radius 1 is 1.07 bits per heavy atom. The van der Waals surface area contributed by atoms with Gasteiger partial charge in [0.2, 0.25) is 0 Å². The standard InChI is InChI=1S/C20H30N2O6/c1-20(2,3)28-19(25)22-16(13-17(23)26-4)11-8-12-21-18(24)27-14-15-9-6-5-7-10-15/h5-7,9-10,16H,8,11-14H2,1-4H3,(H,21,24)(H,22,25)/t16-/m1/s1. The molecule has 0 aliphatic heterocycles. The van der Waals surface area contributed by atoms with E-state index in [1.54, 1.807) is 20.8 Å². The van der Waals surface area contributed by atoms with E-state index in [0.29, 0.717) is 19.4 Å². The van der Waals surface area contributed by atoms with Crippen LogP contribution in [0.2, 0.25) is 0 Å². The lowest BCUT2D eigenvalue weighted by Crippen LogP contribution is -2.40. The number of carbonyl (C=O) groups excluding carboxylic acids is 3. The fraction of sp³-hybridized carbons (Fsp3) is 0.550. The van der Waals surface area contributed by atoms with Gasteiger partial charge in [0.1, 0.15) is 12.2 Å². The molecule has 156 valence electrons. The minimum Gasteiger partial charge on any atom is -0.469 e. The molecule has 0 saturated heterocycles. The van der Waals surface area contributed by atoms with Crippen molar-refractivity contribution in [2.24, 2.45) is 0 Å². The Balaban J connectivity index is 2.35. The van der Waals surface area contributed by atoms with Crippen LogP contribution in [0.5, 0.6) is 0 Å². The van der Waals surface area contributed by atoms with Crippen molar-refractivity contribution in [3.63, 3.8) is 0 Å². The zero-order valence-electron chi connectivity index (χ0n) is 16.9. The molecular weight excluding hydrogens is 364 g/mol. The Kier molecular flexibility index (Phi) is 9.84. The number of alkyl carbamates (subject to hydrolysis) is 2. The van der Waals surface area contributed by atoms with Crippen LogP contribution in [0.15, 0.2) is 30.3 Å². The summed E-state index contributed by atoms with van der Waals surface area (Å²) in [4.78, 5) is 35.2. The minimum absolute atomic E-state index is 0.0220. The summed E-state index contributed by atoms with van der Waals surface area (Å²) in [7, 11) is 1.29. The largest absolute Gasteiger partial charge is 0.469 e. The highest BCUT2D eigenvalue weighted by molar-refractivity contribution is 5.72. The maximum atomic E-state index is 11.9. The minimum atomic E-state index is -0.635. The summed E-state index contributed by atoms with van der Waals surface area (Å²) >= 11 is 0. The lowest BCUT2D eigenvalue weighted by Gasteiger charge is -2.23. The zero-order valence-corrected chi connectivity index (χ0v) is 16.9. The monoisotopic (exact) mass is 394 g/mol. The number of nitrogens with one attached hydrogen (secondary N) is 2. The van der Waals surface area contributed by atoms with Crippen LogP contribution in [0.25, 0.3) is 0 Å². The average Bonchev–Trinajstić information content (AvgIpc) is 2.62. The number of carbonyl (C=O) groups is 3. The first-order chi connectivity index (χ1) is 13.2. The maximum Gasteiger partial charge on any atom is 0.407 e. The molecule has 2 N–H and O–H groups in total. The number of methoxy groups -OCH3 is 1. The number of rotatable bonds is 9. The predicted octanol–water partition coefficient (Wildman–Crippen LogP) is 3.15. The van der Waals surface area contributed by atoms with Crippen LogP contribution in [0.4, 0.5) is 9.59 Å². The van der Waals surface area contributed by atoms with Gasteiger partial charge >= 0.3 is 18.2 Å². The Morgan fingerprint density at radius 2 is 1.75 bits per heavy atom. The number of hydrogen-bond acceptors (Lipinski definition) is 6. The molecule has 0 aliphatic carbocycles. The van der Waals surface area contributed by atoms with Gasteiger partial charge in [-0.2, -0.15) is 0 Å². The van der Waals surface area contributed by atoms with E-state index in [4.69, 9.17) is 9.47 Å². The van der Waals surface area contributed by atoms with Gasteiger partial charge in [-0.1, -0.05) is 30.3 Å². The summed E-state index contributed by atoms with van der Waals surface area (Å²) < 4.78 is 15.0. The van der Waals surface area contributed by atoms with E-state index in [0.717, 1.165) is 5.56 Å². The van der Waals surface area contributed by atoms with Gasteiger partial charge in [0.25, 0.3) is 0 Å². The second kappa shape index (κ2) is 11.8. The number of esters is 1. The third-order valence-electron chi connectivity index (χ3n) is 3.57. The van der Waals surface area contributed by atoms with E-state index in [2.05, 4.69) is 15.4 Å². The highest BCUT2D eigenvalue weighted by atomic mass is 16.6. The van der Waals surface area contributed by atoms with Gasteiger partial charge in [-0.15, -0.1) is 0 Å². The first-order valence-electron chi connectivity index (χ1n) is 9.20. The normalized spacial score (nSPS) is 11.9. The van der Waals surface area contributed by atoms with E-state index in [1.165, 1.54) is 7.11 Å². The van der Waals surface area contributed by atoms with Gasteiger partial charge in [0.15, 0.2) is 0 Å². The van der Waals surface area contributed by atoms with Gasteiger partial charge in [-0.25, -0.2) is 9.59 Å². The van der Waals surface area contributed by atoms with Crippen molar-refractivity contribution >= 4 is 18.2 Å². The first kappa shape index (κ1) is 23.3. The van der Waals surface area contributed by atoms with Crippen molar-refractivity contribution in [3.8, 4) is 0 Å². The number of amides is 2. The van der Waals surface area contributed by atoms with Crippen molar-refractivity contribution < 1.29 is 28.6 Å². The highest BCUT2D eigenvalue weighted by Crippen LogP contribution is 2.09. The van der Waals surface area contributed by atoms with E-state index < -0.39 is 29.8 Å². The molecule has 28 heavy (non-hydrogen) atoms. The van der Waals surface area contributed by atoms with Gasteiger partial charge in [-0.05, 0) is 39.2 Å². The molecule has 0 unspecified atom stereocenters. The summed E-state index contributed by atoms with van der Waals surface area (Å²) in [6.07, 6.45) is -0.0931. The van der Waals surface area contributed by atoms with E-state index in [1.807, 2.05) is 30.3 Å². The highest BCUT2D eigenvalue weighted by Gasteiger charge is 2.21. The fourth-order valence-electron chi connectivity index (χ4n) is 2.30. The molecule has 8 nitrogen and oxygen atoms in total. The molecule has 2 amide bonds. The summed E-state index contributed by atoms with van der Waals surface area (Å²) in [6.45, 7) is 5.81. The second-order valence-electron chi connectivity index (χ2n) is 7.25. The quantitative estimate of drug-likeness (QED) is 0.379. The fourth-order valence-corrected chi connectivity index (χ4v) is 2.30. The molecule has 1 aromatic carbocycles. The Morgan fingerprint density at radius 3 is 2.36 bits per heavy atom. The number of benzene rings is 1. The van der Waals surface area contributed by atoms with Gasteiger partial charge in [0.05, 0.1) is 13.5 Å². The predicted molar refractivity (Wildman–Crippen MR) is 104 cm³/mol. The third-order valence-corrected chi connectivity index (χ3v) is 3.57. The van der Waals surface area contributed by atoms with Crippen molar-refractivity contribution in [2.45, 2.75) is 58.3 Å². The van der Waals surface area contributed by atoms with Crippen LogP contribution in [0.3, 0.4) is 0 Å². The topological polar surface area (TPSA) is 103 Å². The van der Waals surface area contributed by atoms with Crippen LogP contribution in [-0.4, -0.2) is 43.5 Å². The van der Waals surface area contributed by atoms with E-state index >= 15 is 0 Å². The first-order valence-corrected chi connectivity index (χ1v) is 9.20. The van der Waals surface area contributed by atoms with Crippen molar-refractivity contribution in [1.29, 1.82) is 0 Å². The van der Waals surface area contributed by atoms with Crippen LogP contribution in [0, 0.1) is 0 Å². The molecule has 1 atom stereocenters. The Hall–Kier alpha value is -2.77. The van der Waals surface area contributed by atoms with Gasteiger partial charge in [-0.3, -0.25) is 4.79 Å². The summed E-state index contributed by atoms with van der Waals surface area (Å²) in [5.41, 5.74) is 0.265. The van der Waals surface area contributed by atoms with Crippen LogP contribution < -0.4 is 10.6 Å². The molecule has 0 saturated carbocycles. The smallest absolute Gasteiger partial charge is 0.407 e. The zero-order chi connectivity index (χ0) is 21.0. The van der Waals surface area contributed by atoms with Crippen LogP contribution in [0.1, 0.15) is 45.6 Å². The average molecular weight is 394 g/mol. The van der Waals surface area contributed by atoms with Crippen LogP contribution in [-0.2, 0) is 25.6 Å². The molecule has 0 spiro atoms. The number of ether oxygens (including phenoxy) is 3. The van der Waals surface area contributed by atoms with Gasteiger partial charge < -0.3 is 24.8 Å². The maximum absolute atomic E-state index is 11.9. The van der Waals surface area contributed by atoms with Gasteiger partial charge in [0, 0.05) is 12.6 Å². The molecule has 0 aromatic heterocycles. The summed E-state index contributed by atoms with van der Waals surface area (Å²) in [5, 5.41) is 5.31. The molecular formula is C20H30N2O6. The molecule has 0 heterocycles. The van der Waals surface area contributed by atoms with E-state index in [9.17, 15) is 14.4 Å². The van der Waals surface area contributed by atoms with Crippen molar-refractivity contribution in [1.82, 2.24) is 10.6 Å². The number of hydrogen-bond donors (Lipinski definition) is 2. The lowest BCUT2D eigenvalue weighted by atomic mass is 10.1. The molecule has 0 fully saturated rings.